The third-order valence-electron chi connectivity index (χ3n) is 6.59. The van der Waals surface area contributed by atoms with E-state index in [-0.39, 0.29) is 12.2 Å². The molecule has 1 aliphatic carbocycles. The molecule has 5 heteroatoms. The fourth-order valence-electron chi connectivity index (χ4n) is 4.51. The molecule has 1 heterocycles. The lowest BCUT2D eigenvalue weighted by atomic mass is 9.95. The number of carbonyl (C=O) groups excluding carboxylic acids is 1. The molecule has 2 N–H and O–H groups in total. The van der Waals surface area contributed by atoms with E-state index >= 15 is 0 Å². The van der Waals surface area contributed by atoms with Crippen molar-refractivity contribution in [1.29, 1.82) is 10.8 Å². The van der Waals surface area contributed by atoms with Crippen LogP contribution in [0.3, 0.4) is 0 Å². The number of allylic oxidation sites excluding steroid dienone is 4. The number of Topliss-reactive ketones (excluding diaryl/α,β-unsaturated/α-hetero) is 1. The second-order valence-electron chi connectivity index (χ2n) is 9.77. The molecule has 0 amide bonds. The van der Waals surface area contributed by atoms with Crippen molar-refractivity contribution in [3.8, 4) is 0 Å². The molecule has 0 saturated carbocycles. The van der Waals surface area contributed by atoms with Crippen LogP contribution < -0.4 is 0 Å². The summed E-state index contributed by atoms with van der Waals surface area (Å²) in [7, 11) is 0. The van der Waals surface area contributed by atoms with Crippen LogP contribution in [0.4, 0.5) is 0 Å². The van der Waals surface area contributed by atoms with Crippen LogP contribution in [0, 0.1) is 16.7 Å². The number of nitrogens with one attached hydrogen (secondary N) is 2. The smallest absolute Gasteiger partial charge is 0.142 e. The van der Waals surface area contributed by atoms with Crippen LogP contribution in [-0.4, -0.2) is 27.2 Å². The van der Waals surface area contributed by atoms with Gasteiger partial charge in [0.05, 0.1) is 11.4 Å². The van der Waals surface area contributed by atoms with E-state index in [0.29, 0.717) is 36.6 Å². The Kier molecular flexibility index (Phi) is 11.1. The summed E-state index contributed by atoms with van der Waals surface area (Å²) in [5.74, 6) is 0.553. The fraction of sp³-hybridized carbons (Fsp3) is 0.375. The van der Waals surface area contributed by atoms with E-state index < -0.39 is 0 Å². The summed E-state index contributed by atoms with van der Waals surface area (Å²) >= 11 is 0. The predicted octanol–water partition coefficient (Wildman–Crippen LogP) is 7.07. The average Bonchev–Trinajstić information content (AvgIpc) is 2.86. The number of hydrogen-bond acceptors (Lipinski definition) is 5. The van der Waals surface area contributed by atoms with Gasteiger partial charge >= 0.3 is 0 Å². The maximum absolute atomic E-state index is 12.3. The highest BCUT2D eigenvalue weighted by atomic mass is 16.1. The lowest BCUT2D eigenvalue weighted by Crippen LogP contribution is -2.09. The van der Waals surface area contributed by atoms with E-state index in [1.807, 2.05) is 42.5 Å². The fourth-order valence-corrected chi connectivity index (χ4v) is 4.51. The zero-order valence-electron chi connectivity index (χ0n) is 22.1. The molecule has 1 unspecified atom stereocenters. The lowest BCUT2D eigenvalue weighted by Gasteiger charge is -2.12. The summed E-state index contributed by atoms with van der Waals surface area (Å²) in [6.07, 6.45) is 18.2. The minimum Gasteiger partial charge on any atom is -0.309 e. The van der Waals surface area contributed by atoms with Crippen molar-refractivity contribution >= 4 is 23.3 Å². The van der Waals surface area contributed by atoms with Gasteiger partial charge in [-0.05, 0) is 56.2 Å². The van der Waals surface area contributed by atoms with Crippen molar-refractivity contribution < 1.29 is 4.79 Å². The molecule has 0 spiro atoms. The third kappa shape index (κ3) is 9.70. The molecule has 1 aromatic heterocycles. The average molecular weight is 495 g/mol. The number of fused-ring (bicyclic) bond motifs is 1. The number of benzene rings is 1. The van der Waals surface area contributed by atoms with Gasteiger partial charge in [-0.1, -0.05) is 55.0 Å². The van der Waals surface area contributed by atoms with Crippen LogP contribution >= 0.6 is 0 Å². The maximum atomic E-state index is 12.3. The summed E-state index contributed by atoms with van der Waals surface area (Å²) in [6, 6.07) is 9.87. The summed E-state index contributed by atoms with van der Waals surface area (Å²) in [5.41, 5.74) is 9.36. The summed E-state index contributed by atoms with van der Waals surface area (Å²) in [4.78, 5) is 21.3. The van der Waals surface area contributed by atoms with Crippen molar-refractivity contribution in [3.63, 3.8) is 0 Å². The van der Waals surface area contributed by atoms with Gasteiger partial charge in [0, 0.05) is 55.2 Å². The molecule has 2 aromatic rings. The molecule has 0 aliphatic heterocycles. The van der Waals surface area contributed by atoms with Crippen molar-refractivity contribution in [2.24, 2.45) is 5.92 Å². The molecule has 1 aliphatic rings. The minimum atomic E-state index is 0.103. The third-order valence-corrected chi connectivity index (χ3v) is 6.59. The molecule has 0 bridgehead atoms. The first-order chi connectivity index (χ1) is 17.9. The standard InChI is InChI=1S/C32H38N4O/c1-3-25(15-10-17-29(37)21-28(34)20-26-12-5-4-6-13-26)14-9-11-24(2)19-31-30-18-8-7-16-27(33)22-32(30)36-23-35-31/h4-6,8,10,12-13,15-16,19,23,25,33-34H,3,9,11,14,17-18,20-22H2,1-2H3. The number of hydrogen-bond donors (Lipinski definition) is 2. The van der Waals surface area contributed by atoms with E-state index in [1.54, 1.807) is 12.4 Å². The van der Waals surface area contributed by atoms with Crippen LogP contribution in [-0.2, 0) is 24.1 Å². The molecular formula is C32H38N4O. The van der Waals surface area contributed by atoms with Gasteiger partial charge in [0.1, 0.15) is 12.1 Å². The van der Waals surface area contributed by atoms with E-state index in [9.17, 15) is 4.79 Å². The van der Waals surface area contributed by atoms with Crippen LogP contribution in [0.25, 0.3) is 6.08 Å². The molecule has 3 rings (SSSR count). The molecule has 1 atom stereocenters. The van der Waals surface area contributed by atoms with Gasteiger partial charge in [0.25, 0.3) is 0 Å². The van der Waals surface area contributed by atoms with Crippen LogP contribution in [0.1, 0.15) is 74.9 Å². The van der Waals surface area contributed by atoms with Crippen LogP contribution in [0.2, 0.25) is 0 Å². The first-order valence-corrected chi connectivity index (χ1v) is 13.2. The Morgan fingerprint density at radius 2 is 2.03 bits per heavy atom. The van der Waals surface area contributed by atoms with Crippen molar-refractivity contribution in [1.82, 2.24) is 9.97 Å². The molecule has 37 heavy (non-hydrogen) atoms. The summed E-state index contributed by atoms with van der Waals surface area (Å²) < 4.78 is 0. The minimum absolute atomic E-state index is 0.103. The number of aromatic nitrogens is 2. The van der Waals surface area contributed by atoms with E-state index in [1.165, 1.54) is 5.57 Å². The Balaban J connectivity index is 1.45. The monoisotopic (exact) mass is 494 g/mol. The number of rotatable bonds is 13. The second-order valence-corrected chi connectivity index (χ2v) is 9.77. The van der Waals surface area contributed by atoms with Gasteiger partial charge in [0.2, 0.25) is 0 Å². The van der Waals surface area contributed by atoms with Crippen molar-refractivity contribution in [2.75, 3.05) is 0 Å². The number of nitrogens with zero attached hydrogens (tertiary/aromatic N) is 2. The lowest BCUT2D eigenvalue weighted by molar-refractivity contribution is -0.117. The Bertz CT molecular complexity index is 1220. The molecule has 0 fully saturated rings. The van der Waals surface area contributed by atoms with Crippen LogP contribution in [0.5, 0.6) is 0 Å². The van der Waals surface area contributed by atoms with Gasteiger partial charge < -0.3 is 10.8 Å². The van der Waals surface area contributed by atoms with Crippen molar-refractivity contribution in [2.45, 2.75) is 71.6 Å². The van der Waals surface area contributed by atoms with Crippen LogP contribution in [0.15, 0.2) is 72.3 Å². The Labute approximate surface area is 221 Å². The van der Waals surface area contributed by atoms with E-state index in [4.69, 9.17) is 10.8 Å². The first kappa shape index (κ1) is 27.9. The molecule has 5 nitrogen and oxygen atoms in total. The predicted molar refractivity (Wildman–Crippen MR) is 152 cm³/mol. The highest BCUT2D eigenvalue weighted by Crippen LogP contribution is 2.21. The second kappa shape index (κ2) is 14.8. The number of carbonyl (C=O) groups is 1. The Morgan fingerprint density at radius 3 is 2.81 bits per heavy atom. The normalized spacial score (nSPS) is 14.3. The maximum Gasteiger partial charge on any atom is 0.142 e. The molecular weight excluding hydrogens is 456 g/mol. The highest BCUT2D eigenvalue weighted by molar-refractivity contribution is 6.01. The van der Waals surface area contributed by atoms with Gasteiger partial charge in [-0.25, -0.2) is 9.97 Å². The molecule has 192 valence electrons. The molecule has 0 radical (unpaired) electrons. The largest absolute Gasteiger partial charge is 0.309 e. The summed E-state index contributed by atoms with van der Waals surface area (Å²) in [6.45, 7) is 4.34. The first-order valence-electron chi connectivity index (χ1n) is 13.2. The Hall–Kier alpha value is -3.69. The summed E-state index contributed by atoms with van der Waals surface area (Å²) in [5, 5.41) is 16.1. The van der Waals surface area contributed by atoms with Gasteiger partial charge in [-0.15, -0.1) is 5.73 Å². The zero-order chi connectivity index (χ0) is 26.5. The van der Waals surface area contributed by atoms with Gasteiger partial charge in [-0.2, -0.15) is 0 Å². The quantitative estimate of drug-likeness (QED) is 0.177. The van der Waals surface area contributed by atoms with E-state index in [0.717, 1.165) is 54.6 Å². The topological polar surface area (TPSA) is 90.6 Å². The van der Waals surface area contributed by atoms with E-state index in [2.05, 4.69) is 41.7 Å². The van der Waals surface area contributed by atoms with Gasteiger partial charge in [-0.3, -0.25) is 4.79 Å². The molecule has 1 aromatic carbocycles. The zero-order valence-corrected chi connectivity index (χ0v) is 22.1. The molecule has 0 saturated heterocycles. The highest BCUT2D eigenvalue weighted by Gasteiger charge is 2.12. The SMILES string of the molecule is CCC(C=CCC(=O)CC(=N)Cc1ccccc1)CCCC(C)=Cc1ncnc2c1CC=C=CC(=N)C2. The van der Waals surface area contributed by atoms with Crippen molar-refractivity contribution in [3.05, 3.63) is 94.8 Å². The Morgan fingerprint density at radius 1 is 1.22 bits per heavy atom. The van der Waals surface area contributed by atoms with Gasteiger partial charge in [0.15, 0.2) is 0 Å². The number of ketones is 1.